The Labute approximate surface area is 202 Å². The predicted octanol–water partition coefficient (Wildman–Crippen LogP) is 7.41. The lowest BCUT2D eigenvalue weighted by molar-refractivity contribution is 0.498. The van der Waals surface area contributed by atoms with E-state index in [1.165, 1.54) is 64.2 Å². The summed E-state index contributed by atoms with van der Waals surface area (Å²) in [5.41, 5.74) is 6.07. The van der Waals surface area contributed by atoms with Crippen molar-refractivity contribution in [2.75, 3.05) is 6.54 Å². The standard InChI is InChI=1S/C12H27N.2C7H7O2P/c1-2-3-4-5-6-7-8-9-10-11-12-13;2*1-6-4-2-3-5-7(6)10(8)9/h2-13H2,1H3;2*2-5,7H,1H2/p+2. The van der Waals surface area contributed by atoms with Crippen molar-refractivity contribution in [1.82, 2.24) is 0 Å². The highest BCUT2D eigenvalue weighted by Crippen LogP contribution is 2.32. The van der Waals surface area contributed by atoms with Crippen molar-refractivity contribution in [3.8, 4) is 0 Å². The molecule has 184 valence electrons. The molecule has 0 radical (unpaired) electrons. The van der Waals surface area contributed by atoms with Gasteiger partial charge in [-0.05, 0) is 34.2 Å². The minimum atomic E-state index is -2.15. The Morgan fingerprint density at radius 2 is 1.09 bits per heavy atom. The van der Waals surface area contributed by atoms with Gasteiger partial charge in [0.25, 0.3) is 0 Å². The molecular formula is C26H43NO4P2+2. The molecule has 0 spiro atoms. The van der Waals surface area contributed by atoms with Crippen molar-refractivity contribution in [2.24, 2.45) is 5.73 Å². The molecule has 0 fully saturated rings. The number of rotatable bonds is 12. The summed E-state index contributed by atoms with van der Waals surface area (Å²) in [4.78, 5) is 17.4. The molecule has 2 aliphatic carbocycles. The molecule has 0 saturated heterocycles. The molecule has 2 rings (SSSR count). The first-order valence-electron chi connectivity index (χ1n) is 11.9. The highest BCUT2D eigenvalue weighted by atomic mass is 31.1. The van der Waals surface area contributed by atoms with Gasteiger partial charge in [0, 0.05) is 11.1 Å². The third-order valence-corrected chi connectivity index (χ3v) is 7.18. The van der Waals surface area contributed by atoms with E-state index in [1.807, 2.05) is 0 Å². The van der Waals surface area contributed by atoms with Crippen LogP contribution < -0.4 is 5.73 Å². The van der Waals surface area contributed by atoms with Gasteiger partial charge in [-0.2, -0.15) is 9.79 Å². The van der Waals surface area contributed by atoms with Crippen molar-refractivity contribution in [1.29, 1.82) is 0 Å². The third kappa shape index (κ3) is 16.7. The van der Waals surface area contributed by atoms with E-state index in [0.29, 0.717) is 11.1 Å². The molecular weight excluding hydrogens is 452 g/mol. The summed E-state index contributed by atoms with van der Waals surface area (Å²) in [6.45, 7) is 10.4. The smallest absolute Gasteiger partial charge is 0.330 e. The topological polar surface area (TPSA) is 101 Å². The maximum absolute atomic E-state index is 10.6. The molecule has 0 aliphatic heterocycles. The number of allylic oxidation sites excluding steroid dienone is 10. The summed E-state index contributed by atoms with van der Waals surface area (Å²) in [5.74, 6) is 0. The monoisotopic (exact) mass is 495 g/mol. The quantitative estimate of drug-likeness (QED) is 0.193. The Morgan fingerprint density at radius 1 is 0.727 bits per heavy atom. The largest absolute Gasteiger partial charge is 0.517 e. The fourth-order valence-corrected chi connectivity index (χ4v) is 4.44. The first-order valence-corrected chi connectivity index (χ1v) is 14.5. The van der Waals surface area contributed by atoms with Gasteiger partial charge in [0.2, 0.25) is 11.3 Å². The Morgan fingerprint density at radius 3 is 1.36 bits per heavy atom. The second-order valence-electron chi connectivity index (χ2n) is 8.10. The van der Waals surface area contributed by atoms with E-state index >= 15 is 0 Å². The molecule has 4 unspecified atom stereocenters. The maximum Gasteiger partial charge on any atom is 0.517 e. The summed E-state index contributed by atoms with van der Waals surface area (Å²) in [7, 11) is -4.29. The van der Waals surface area contributed by atoms with Gasteiger partial charge >= 0.3 is 16.1 Å². The van der Waals surface area contributed by atoms with Crippen LogP contribution in [0.2, 0.25) is 0 Å². The maximum atomic E-state index is 10.6. The van der Waals surface area contributed by atoms with E-state index in [-0.39, 0.29) is 11.3 Å². The number of hydrogen-bond acceptors (Lipinski definition) is 3. The molecule has 0 aromatic heterocycles. The normalized spacial score (nSPS) is 19.4. The van der Waals surface area contributed by atoms with Crippen LogP contribution in [0.3, 0.4) is 0 Å². The van der Waals surface area contributed by atoms with Gasteiger partial charge in [-0.1, -0.05) is 114 Å². The van der Waals surface area contributed by atoms with Crippen LogP contribution in [0.4, 0.5) is 0 Å². The highest BCUT2D eigenvalue weighted by Gasteiger charge is 2.29. The van der Waals surface area contributed by atoms with Gasteiger partial charge in [-0.15, -0.1) is 0 Å². The fraction of sp³-hybridized carbons (Fsp3) is 0.538. The van der Waals surface area contributed by atoms with Crippen molar-refractivity contribution >= 4 is 16.1 Å². The first kappa shape index (κ1) is 31.5. The third-order valence-electron chi connectivity index (χ3n) is 5.22. The molecule has 7 heteroatoms. The van der Waals surface area contributed by atoms with E-state index in [9.17, 15) is 9.13 Å². The second kappa shape index (κ2) is 21.1. The molecule has 2 aliphatic rings. The lowest BCUT2D eigenvalue weighted by Gasteiger charge is -2.00. The van der Waals surface area contributed by atoms with Crippen LogP contribution in [0.5, 0.6) is 0 Å². The lowest BCUT2D eigenvalue weighted by atomic mass is 10.1. The van der Waals surface area contributed by atoms with Gasteiger partial charge in [0.05, 0.1) is 0 Å². The molecule has 0 amide bonds. The summed E-state index contributed by atoms with van der Waals surface area (Å²) < 4.78 is 21.1. The Kier molecular flexibility index (Phi) is 20.1. The van der Waals surface area contributed by atoms with Crippen LogP contribution in [-0.4, -0.2) is 27.6 Å². The van der Waals surface area contributed by atoms with Gasteiger partial charge in [0.15, 0.2) is 0 Å². The van der Waals surface area contributed by atoms with Crippen molar-refractivity contribution < 1.29 is 18.9 Å². The fourth-order valence-electron chi connectivity index (χ4n) is 3.20. The van der Waals surface area contributed by atoms with Gasteiger partial charge in [-0.25, -0.2) is 0 Å². The van der Waals surface area contributed by atoms with E-state index in [4.69, 9.17) is 15.5 Å². The number of hydrogen-bond donors (Lipinski definition) is 3. The molecule has 33 heavy (non-hydrogen) atoms. The predicted molar refractivity (Wildman–Crippen MR) is 143 cm³/mol. The SMILES string of the molecule is C=C1C=CC=CC1[P+](=O)O.C=C1C=CC=CC1[P+](=O)O.CCCCCCCCCCCCN. The van der Waals surface area contributed by atoms with Crippen LogP contribution in [0, 0.1) is 0 Å². The minimum absolute atomic E-state index is 0.375. The zero-order valence-corrected chi connectivity index (χ0v) is 21.9. The summed E-state index contributed by atoms with van der Waals surface area (Å²) in [5, 5.41) is 0. The van der Waals surface area contributed by atoms with E-state index in [1.54, 1.807) is 48.6 Å². The van der Waals surface area contributed by atoms with E-state index in [0.717, 1.165) is 6.54 Å². The summed E-state index contributed by atoms with van der Waals surface area (Å²) >= 11 is 0. The zero-order chi connectivity index (χ0) is 24.9. The molecule has 4 atom stereocenters. The number of nitrogens with two attached hydrogens (primary N) is 1. The van der Waals surface area contributed by atoms with Crippen LogP contribution in [-0.2, 0) is 9.13 Å². The zero-order valence-electron chi connectivity index (χ0n) is 20.1. The van der Waals surface area contributed by atoms with Crippen LogP contribution in [0.25, 0.3) is 0 Å². The molecule has 0 aromatic carbocycles. The molecule has 0 heterocycles. The van der Waals surface area contributed by atoms with E-state index in [2.05, 4.69) is 20.1 Å². The molecule has 0 saturated carbocycles. The Balaban J connectivity index is 0.000000470. The van der Waals surface area contributed by atoms with Gasteiger partial charge in [-0.3, -0.25) is 0 Å². The lowest BCUT2D eigenvalue weighted by Crippen LogP contribution is -2.01. The van der Waals surface area contributed by atoms with Crippen molar-refractivity contribution in [3.63, 3.8) is 0 Å². The van der Waals surface area contributed by atoms with Crippen LogP contribution >= 0.6 is 16.1 Å². The summed E-state index contributed by atoms with van der Waals surface area (Å²) in [6.07, 6.45) is 27.9. The molecule has 0 bridgehead atoms. The van der Waals surface area contributed by atoms with Crippen molar-refractivity contribution in [3.05, 3.63) is 72.9 Å². The first-order chi connectivity index (χ1) is 15.8. The molecule has 0 aromatic rings. The average Bonchev–Trinajstić information content (AvgIpc) is 2.79. The minimum Gasteiger partial charge on any atom is -0.330 e. The summed E-state index contributed by atoms with van der Waals surface area (Å²) in [6, 6.07) is 0. The van der Waals surface area contributed by atoms with Gasteiger partial charge in [0.1, 0.15) is 0 Å². The van der Waals surface area contributed by atoms with Crippen molar-refractivity contribution in [2.45, 2.75) is 82.4 Å². The van der Waals surface area contributed by atoms with Gasteiger partial charge < -0.3 is 5.73 Å². The molecule has 5 nitrogen and oxygen atoms in total. The highest BCUT2D eigenvalue weighted by molar-refractivity contribution is 7.39. The number of unbranched alkanes of at least 4 members (excludes halogenated alkanes) is 9. The van der Waals surface area contributed by atoms with Crippen LogP contribution in [0.1, 0.15) is 71.1 Å². The Hall–Kier alpha value is -1.48. The van der Waals surface area contributed by atoms with Crippen LogP contribution in [0.15, 0.2) is 72.9 Å². The van der Waals surface area contributed by atoms with E-state index < -0.39 is 16.1 Å². The average molecular weight is 496 g/mol. The molecule has 4 N–H and O–H groups in total. The Bertz CT molecular complexity index is 666. The second-order valence-corrected chi connectivity index (χ2v) is 10.4.